The van der Waals surface area contributed by atoms with Gasteiger partial charge >= 0.3 is 0 Å². The number of ether oxygens (including phenoxy) is 1. The van der Waals surface area contributed by atoms with Crippen molar-refractivity contribution < 1.29 is 4.74 Å². The van der Waals surface area contributed by atoms with Gasteiger partial charge in [0, 0.05) is 0 Å². The molecule has 1 aliphatic heterocycles. The van der Waals surface area contributed by atoms with E-state index in [1.54, 1.807) is 0 Å². The number of hydrogen-bond donors (Lipinski definition) is 0. The van der Waals surface area contributed by atoms with Crippen molar-refractivity contribution >= 4 is 0 Å². The van der Waals surface area contributed by atoms with Gasteiger partial charge in [0.25, 0.3) is 0 Å². The predicted molar refractivity (Wildman–Crippen MR) is 54.6 cm³/mol. The average molecular weight is 193 g/mol. The molecule has 0 radical (unpaired) electrons. The molecule has 1 heterocycles. The molecule has 2 aliphatic rings. The molecule has 4 atom stereocenters. The van der Waals surface area contributed by atoms with E-state index in [4.69, 9.17) is 10.00 Å². The summed E-state index contributed by atoms with van der Waals surface area (Å²) in [6, 6.07) is 2.28. The van der Waals surface area contributed by atoms with Crippen molar-refractivity contribution in [3.8, 4) is 6.07 Å². The SMILES string of the molecule is CC1CCC(C(C)C)C2(C1)OC2C#N. The van der Waals surface area contributed by atoms with E-state index < -0.39 is 0 Å². The van der Waals surface area contributed by atoms with Crippen LogP contribution in [0.5, 0.6) is 0 Å². The van der Waals surface area contributed by atoms with Crippen molar-refractivity contribution in [1.29, 1.82) is 5.26 Å². The van der Waals surface area contributed by atoms with Gasteiger partial charge in [-0.2, -0.15) is 5.26 Å². The van der Waals surface area contributed by atoms with Gasteiger partial charge in [-0.15, -0.1) is 0 Å². The third-order valence-corrected chi connectivity index (χ3v) is 3.91. The lowest BCUT2D eigenvalue weighted by atomic mass is 9.68. The second-order valence-electron chi connectivity index (χ2n) is 5.32. The van der Waals surface area contributed by atoms with Gasteiger partial charge in [-0.3, -0.25) is 0 Å². The van der Waals surface area contributed by atoms with Gasteiger partial charge in [-0.05, 0) is 30.6 Å². The normalized spacial score (nSPS) is 46.6. The maximum absolute atomic E-state index is 8.93. The zero-order valence-corrected chi connectivity index (χ0v) is 9.29. The van der Waals surface area contributed by atoms with Gasteiger partial charge in [0.2, 0.25) is 0 Å². The topological polar surface area (TPSA) is 36.3 Å². The summed E-state index contributed by atoms with van der Waals surface area (Å²) in [7, 11) is 0. The zero-order valence-electron chi connectivity index (χ0n) is 9.29. The van der Waals surface area contributed by atoms with Gasteiger partial charge < -0.3 is 4.74 Å². The van der Waals surface area contributed by atoms with Crippen LogP contribution in [0.4, 0.5) is 0 Å². The van der Waals surface area contributed by atoms with E-state index >= 15 is 0 Å². The maximum Gasteiger partial charge on any atom is 0.173 e. The summed E-state index contributed by atoms with van der Waals surface area (Å²) in [5.74, 6) is 1.97. The van der Waals surface area contributed by atoms with Crippen molar-refractivity contribution in [2.45, 2.75) is 51.7 Å². The quantitative estimate of drug-likeness (QED) is 0.600. The highest BCUT2D eigenvalue weighted by Gasteiger charge is 2.63. The van der Waals surface area contributed by atoms with Crippen LogP contribution in [0.1, 0.15) is 40.0 Å². The molecule has 0 aromatic carbocycles. The Morgan fingerprint density at radius 3 is 2.64 bits per heavy atom. The van der Waals surface area contributed by atoms with Gasteiger partial charge in [0.15, 0.2) is 6.10 Å². The summed E-state index contributed by atoms with van der Waals surface area (Å²) in [4.78, 5) is 0. The molecule has 2 fully saturated rings. The van der Waals surface area contributed by atoms with E-state index in [0.717, 1.165) is 12.3 Å². The molecule has 0 N–H and O–H groups in total. The van der Waals surface area contributed by atoms with Crippen LogP contribution >= 0.6 is 0 Å². The molecule has 4 unspecified atom stereocenters. The molecule has 0 aromatic rings. The van der Waals surface area contributed by atoms with Crippen molar-refractivity contribution in [1.82, 2.24) is 0 Å². The fourth-order valence-electron chi connectivity index (χ4n) is 3.16. The Hall–Kier alpha value is -0.550. The Morgan fingerprint density at radius 2 is 2.14 bits per heavy atom. The molecule has 0 bridgehead atoms. The van der Waals surface area contributed by atoms with E-state index in [0.29, 0.717) is 11.8 Å². The lowest BCUT2D eigenvalue weighted by Gasteiger charge is -2.35. The molecule has 2 nitrogen and oxygen atoms in total. The Morgan fingerprint density at radius 1 is 1.43 bits per heavy atom. The van der Waals surface area contributed by atoms with Gasteiger partial charge in [0.1, 0.15) is 5.60 Å². The number of hydrogen-bond acceptors (Lipinski definition) is 2. The lowest BCUT2D eigenvalue weighted by molar-refractivity contribution is 0.0953. The number of epoxide rings is 1. The first-order chi connectivity index (χ1) is 6.60. The molecule has 14 heavy (non-hydrogen) atoms. The monoisotopic (exact) mass is 193 g/mol. The fraction of sp³-hybridized carbons (Fsp3) is 0.917. The van der Waals surface area contributed by atoms with Crippen LogP contribution in [0.25, 0.3) is 0 Å². The summed E-state index contributed by atoms with van der Waals surface area (Å²) >= 11 is 0. The minimum atomic E-state index is -0.113. The number of rotatable bonds is 1. The van der Waals surface area contributed by atoms with Crippen molar-refractivity contribution in [3.05, 3.63) is 0 Å². The Bertz CT molecular complexity index is 268. The number of nitriles is 1. The van der Waals surface area contributed by atoms with E-state index in [2.05, 4.69) is 26.8 Å². The molecule has 1 saturated carbocycles. The molecule has 78 valence electrons. The summed E-state index contributed by atoms with van der Waals surface area (Å²) in [6.07, 6.45) is 3.51. The highest BCUT2D eigenvalue weighted by atomic mass is 16.6. The Labute approximate surface area is 86.2 Å². The van der Waals surface area contributed by atoms with Gasteiger partial charge in [-0.1, -0.05) is 27.2 Å². The molecular weight excluding hydrogens is 174 g/mol. The van der Waals surface area contributed by atoms with Crippen molar-refractivity contribution in [2.75, 3.05) is 0 Å². The zero-order chi connectivity index (χ0) is 10.3. The second kappa shape index (κ2) is 3.24. The Balaban J connectivity index is 2.15. The minimum absolute atomic E-state index is 0.0550. The largest absolute Gasteiger partial charge is 0.350 e. The maximum atomic E-state index is 8.93. The first kappa shape index (κ1) is 9.98. The third kappa shape index (κ3) is 1.35. The minimum Gasteiger partial charge on any atom is -0.350 e. The van der Waals surface area contributed by atoms with E-state index in [1.165, 1.54) is 12.8 Å². The third-order valence-electron chi connectivity index (χ3n) is 3.91. The molecule has 2 heteroatoms. The van der Waals surface area contributed by atoms with Gasteiger partial charge in [0.05, 0.1) is 6.07 Å². The van der Waals surface area contributed by atoms with E-state index in [-0.39, 0.29) is 11.7 Å². The van der Waals surface area contributed by atoms with E-state index in [9.17, 15) is 0 Å². The van der Waals surface area contributed by atoms with Crippen LogP contribution in [0.3, 0.4) is 0 Å². The van der Waals surface area contributed by atoms with Crippen molar-refractivity contribution in [2.24, 2.45) is 17.8 Å². The second-order valence-corrected chi connectivity index (χ2v) is 5.32. The Kier molecular flexibility index (Phi) is 2.31. The van der Waals surface area contributed by atoms with Crippen molar-refractivity contribution in [3.63, 3.8) is 0 Å². The smallest absolute Gasteiger partial charge is 0.173 e. The molecule has 0 aromatic heterocycles. The summed E-state index contributed by atoms with van der Waals surface area (Å²) < 4.78 is 5.68. The van der Waals surface area contributed by atoms with Gasteiger partial charge in [-0.25, -0.2) is 0 Å². The van der Waals surface area contributed by atoms with Crippen LogP contribution < -0.4 is 0 Å². The molecule has 1 saturated heterocycles. The lowest BCUT2D eigenvalue weighted by Crippen LogP contribution is -2.36. The molecule has 2 rings (SSSR count). The van der Waals surface area contributed by atoms with E-state index in [1.807, 2.05) is 0 Å². The summed E-state index contributed by atoms with van der Waals surface area (Å²) in [5.41, 5.74) is -0.0550. The number of nitrogens with zero attached hydrogens (tertiary/aromatic N) is 1. The summed E-state index contributed by atoms with van der Waals surface area (Å²) in [5, 5.41) is 8.93. The first-order valence-electron chi connectivity index (χ1n) is 5.67. The highest BCUT2D eigenvalue weighted by molar-refractivity contribution is 5.18. The standard InChI is InChI=1S/C12H19NO/c1-8(2)10-5-4-9(3)6-12(10)11(7-13)14-12/h8-11H,4-6H2,1-3H3. The average Bonchev–Trinajstić information content (AvgIpc) is 2.78. The van der Waals surface area contributed by atoms with Crippen LogP contribution in [-0.2, 0) is 4.74 Å². The first-order valence-corrected chi connectivity index (χ1v) is 5.67. The molecule has 0 amide bonds. The molecule has 1 aliphatic carbocycles. The van der Waals surface area contributed by atoms with Crippen LogP contribution in [-0.4, -0.2) is 11.7 Å². The molecular formula is C12H19NO. The summed E-state index contributed by atoms with van der Waals surface area (Å²) in [6.45, 7) is 6.77. The highest BCUT2D eigenvalue weighted by Crippen LogP contribution is 2.55. The predicted octanol–water partition coefficient (Wildman–Crippen LogP) is 2.74. The fourth-order valence-corrected chi connectivity index (χ4v) is 3.16. The van der Waals surface area contributed by atoms with Crippen LogP contribution in [0, 0.1) is 29.1 Å². The van der Waals surface area contributed by atoms with Crippen LogP contribution in [0.15, 0.2) is 0 Å². The molecule has 1 spiro atoms. The van der Waals surface area contributed by atoms with Crippen LogP contribution in [0.2, 0.25) is 0 Å².